The highest BCUT2D eigenvalue weighted by molar-refractivity contribution is 6.01. The number of hydrogen-bond donors (Lipinski definition) is 5. The number of nitrogens with one attached hydrogen (secondary N) is 3. The van der Waals surface area contributed by atoms with Crippen LogP contribution in [0.1, 0.15) is 18.1 Å². The van der Waals surface area contributed by atoms with Crippen molar-refractivity contribution in [1.29, 1.82) is 0 Å². The van der Waals surface area contributed by atoms with Crippen molar-refractivity contribution >= 4 is 28.6 Å². The molecule has 0 spiro atoms. The number of fused-ring (bicyclic) bond motifs is 1. The molecule has 0 radical (unpaired) electrons. The number of aromatic hydroxyl groups is 1. The molecule has 0 saturated heterocycles. The topological polar surface area (TPSA) is 137 Å². The molecule has 3 aromatic rings. The summed E-state index contributed by atoms with van der Waals surface area (Å²) in [6.45, 7) is 1.49. The maximum Gasteiger partial charge on any atom is 0.248 e. The number of H-pyrrole nitrogens is 1. The van der Waals surface area contributed by atoms with Gasteiger partial charge in [-0.3, -0.25) is 19.7 Å². The van der Waals surface area contributed by atoms with Crippen molar-refractivity contribution in [2.45, 2.75) is 31.8 Å². The highest BCUT2D eigenvalue weighted by Crippen LogP contribution is 2.18. The van der Waals surface area contributed by atoms with Gasteiger partial charge in [0.15, 0.2) is 0 Å². The molecule has 8 nitrogen and oxygen atoms in total. The van der Waals surface area contributed by atoms with Gasteiger partial charge in [-0.1, -0.05) is 30.3 Å². The maximum absolute atomic E-state index is 12.3. The Morgan fingerprint density at radius 3 is 2.50 bits per heavy atom. The molecule has 6 N–H and O–H groups in total. The van der Waals surface area contributed by atoms with Crippen LogP contribution in [0.2, 0.25) is 0 Å². The van der Waals surface area contributed by atoms with Gasteiger partial charge in [-0.15, -0.1) is 0 Å². The average molecular weight is 408 g/mol. The number of phenolic OH excluding ortho intramolecular Hbond substituents is 1. The zero-order chi connectivity index (χ0) is 21.7. The summed E-state index contributed by atoms with van der Waals surface area (Å²) in [7, 11) is 0. The van der Waals surface area contributed by atoms with Crippen molar-refractivity contribution in [1.82, 2.24) is 15.6 Å². The average Bonchev–Trinajstić information content (AvgIpc) is 3.12. The second-order valence-electron chi connectivity index (χ2n) is 7.16. The standard InChI is InChI=1S/C22H24N4O4/c1-13(25-22(30)18(23)10-14-6-8-16(27)9-7-14)21(29)26-20(28)11-15-12-24-19-5-3-2-4-17(15)19/h2-9,12-13,18,24,27H,10-11,23H2,1H3,(H,25,30)(H,26,28,29)/t13-,18+/m1/s1. The van der Waals surface area contributed by atoms with E-state index >= 15 is 0 Å². The van der Waals surface area contributed by atoms with E-state index in [-0.39, 0.29) is 18.6 Å². The van der Waals surface area contributed by atoms with E-state index in [0.29, 0.717) is 0 Å². The van der Waals surface area contributed by atoms with Crippen LogP contribution in [0, 0.1) is 0 Å². The second kappa shape index (κ2) is 9.23. The number of imide groups is 1. The summed E-state index contributed by atoms with van der Waals surface area (Å²) in [5.41, 5.74) is 8.38. The van der Waals surface area contributed by atoms with E-state index in [0.717, 1.165) is 22.0 Å². The van der Waals surface area contributed by atoms with Crippen LogP contribution in [0.5, 0.6) is 5.75 Å². The van der Waals surface area contributed by atoms with Gasteiger partial charge in [0, 0.05) is 17.1 Å². The van der Waals surface area contributed by atoms with Crippen molar-refractivity contribution < 1.29 is 19.5 Å². The zero-order valence-electron chi connectivity index (χ0n) is 16.5. The lowest BCUT2D eigenvalue weighted by molar-refractivity contribution is -0.133. The van der Waals surface area contributed by atoms with Crippen LogP contribution in [-0.4, -0.2) is 39.9 Å². The van der Waals surface area contributed by atoms with Crippen molar-refractivity contribution in [3.63, 3.8) is 0 Å². The van der Waals surface area contributed by atoms with E-state index in [1.54, 1.807) is 18.3 Å². The minimum atomic E-state index is -0.921. The van der Waals surface area contributed by atoms with Gasteiger partial charge in [-0.25, -0.2) is 0 Å². The molecule has 3 rings (SSSR count). The van der Waals surface area contributed by atoms with E-state index in [4.69, 9.17) is 5.73 Å². The number of phenols is 1. The molecule has 0 aliphatic carbocycles. The minimum absolute atomic E-state index is 0.0385. The van der Waals surface area contributed by atoms with E-state index in [2.05, 4.69) is 15.6 Å². The van der Waals surface area contributed by atoms with Gasteiger partial charge in [-0.05, 0) is 42.7 Å². The number of benzene rings is 2. The number of aromatic amines is 1. The number of carbonyl (C=O) groups is 3. The first kappa shape index (κ1) is 21.1. The third kappa shape index (κ3) is 5.24. The molecule has 1 aromatic heterocycles. The minimum Gasteiger partial charge on any atom is -0.508 e. The molecule has 0 bridgehead atoms. The molecule has 2 atom stereocenters. The SMILES string of the molecule is C[C@@H](NC(=O)[C@@H](N)Cc1ccc(O)cc1)C(=O)NC(=O)Cc1c[nH]c2ccccc12. The van der Waals surface area contributed by atoms with Crippen LogP contribution in [0.25, 0.3) is 10.9 Å². The summed E-state index contributed by atoms with van der Waals surface area (Å²) in [5, 5.41) is 15.0. The number of hydrogen-bond acceptors (Lipinski definition) is 5. The van der Waals surface area contributed by atoms with Crippen molar-refractivity contribution in [3.8, 4) is 5.75 Å². The first-order chi connectivity index (χ1) is 14.3. The Labute approximate surface area is 173 Å². The fourth-order valence-corrected chi connectivity index (χ4v) is 3.11. The normalized spacial score (nSPS) is 12.9. The Balaban J connectivity index is 1.50. The lowest BCUT2D eigenvalue weighted by Gasteiger charge is -2.17. The van der Waals surface area contributed by atoms with Gasteiger partial charge >= 0.3 is 0 Å². The summed E-state index contributed by atoms with van der Waals surface area (Å²) in [6, 6.07) is 12.1. The van der Waals surface area contributed by atoms with Crippen LogP contribution < -0.4 is 16.4 Å². The molecule has 8 heteroatoms. The largest absolute Gasteiger partial charge is 0.508 e. The van der Waals surface area contributed by atoms with Crippen LogP contribution in [0.4, 0.5) is 0 Å². The van der Waals surface area contributed by atoms with Crippen LogP contribution >= 0.6 is 0 Å². The molecule has 156 valence electrons. The lowest BCUT2D eigenvalue weighted by atomic mass is 10.1. The van der Waals surface area contributed by atoms with Crippen molar-refractivity contribution in [2.24, 2.45) is 5.73 Å². The molecule has 0 fully saturated rings. The number of amides is 3. The van der Waals surface area contributed by atoms with Gasteiger partial charge < -0.3 is 21.1 Å². The van der Waals surface area contributed by atoms with Crippen LogP contribution in [0.3, 0.4) is 0 Å². The summed E-state index contributed by atoms with van der Waals surface area (Å²) < 4.78 is 0. The number of para-hydroxylation sites is 1. The maximum atomic E-state index is 12.3. The number of rotatable bonds is 7. The Kier molecular flexibility index (Phi) is 6.48. The molecule has 0 aliphatic rings. The van der Waals surface area contributed by atoms with E-state index < -0.39 is 29.8 Å². The Hall–Kier alpha value is -3.65. The van der Waals surface area contributed by atoms with Crippen LogP contribution in [-0.2, 0) is 27.2 Å². The van der Waals surface area contributed by atoms with E-state index in [1.165, 1.54) is 19.1 Å². The molecule has 0 saturated carbocycles. The predicted octanol–water partition coefficient (Wildman–Crippen LogP) is 1.13. The van der Waals surface area contributed by atoms with E-state index in [1.807, 2.05) is 24.3 Å². The summed E-state index contributed by atoms with van der Waals surface area (Å²) in [6.07, 6.45) is 2.03. The van der Waals surface area contributed by atoms with Crippen molar-refractivity contribution in [3.05, 3.63) is 65.9 Å². The predicted molar refractivity (Wildman–Crippen MR) is 113 cm³/mol. The van der Waals surface area contributed by atoms with Gasteiger partial charge in [0.05, 0.1) is 12.5 Å². The molecule has 2 aromatic carbocycles. The van der Waals surface area contributed by atoms with Gasteiger partial charge in [0.1, 0.15) is 11.8 Å². The van der Waals surface area contributed by atoms with Crippen LogP contribution in [0.15, 0.2) is 54.7 Å². The number of aromatic nitrogens is 1. The number of carbonyl (C=O) groups excluding carboxylic acids is 3. The third-order valence-electron chi connectivity index (χ3n) is 4.77. The fourth-order valence-electron chi connectivity index (χ4n) is 3.11. The third-order valence-corrected chi connectivity index (χ3v) is 4.77. The highest BCUT2D eigenvalue weighted by Gasteiger charge is 2.22. The monoisotopic (exact) mass is 408 g/mol. The summed E-state index contributed by atoms with van der Waals surface area (Å²) in [5.74, 6) is -1.45. The first-order valence-corrected chi connectivity index (χ1v) is 9.56. The van der Waals surface area contributed by atoms with Gasteiger partial charge in [0.25, 0.3) is 0 Å². The molecule has 0 aliphatic heterocycles. The Morgan fingerprint density at radius 1 is 1.07 bits per heavy atom. The molecule has 1 heterocycles. The zero-order valence-corrected chi connectivity index (χ0v) is 16.5. The van der Waals surface area contributed by atoms with E-state index in [9.17, 15) is 19.5 Å². The Bertz CT molecular complexity index is 1060. The molecular formula is C22H24N4O4. The second-order valence-corrected chi connectivity index (χ2v) is 7.16. The first-order valence-electron chi connectivity index (χ1n) is 9.56. The molecular weight excluding hydrogens is 384 g/mol. The summed E-state index contributed by atoms with van der Waals surface area (Å²) in [4.78, 5) is 39.9. The smallest absolute Gasteiger partial charge is 0.248 e. The van der Waals surface area contributed by atoms with Gasteiger partial charge in [-0.2, -0.15) is 0 Å². The quantitative estimate of drug-likeness (QED) is 0.399. The molecule has 30 heavy (non-hydrogen) atoms. The van der Waals surface area contributed by atoms with Gasteiger partial charge in [0.2, 0.25) is 17.7 Å². The highest BCUT2D eigenvalue weighted by atomic mass is 16.3. The lowest BCUT2D eigenvalue weighted by Crippen LogP contribution is -2.51. The van der Waals surface area contributed by atoms with Crippen molar-refractivity contribution in [2.75, 3.05) is 0 Å². The fraction of sp³-hybridized carbons (Fsp3) is 0.227. The number of nitrogens with two attached hydrogens (primary N) is 1. The molecule has 3 amide bonds. The Morgan fingerprint density at radius 2 is 1.77 bits per heavy atom. The summed E-state index contributed by atoms with van der Waals surface area (Å²) >= 11 is 0. The molecule has 0 unspecified atom stereocenters.